The van der Waals surface area contributed by atoms with Crippen molar-refractivity contribution in [1.29, 1.82) is 0 Å². The van der Waals surface area contributed by atoms with Crippen LogP contribution in [0.1, 0.15) is 0 Å². The maximum absolute atomic E-state index is 6.20. The van der Waals surface area contributed by atoms with Gasteiger partial charge >= 0.3 is 0 Å². The lowest BCUT2D eigenvalue weighted by Crippen LogP contribution is -2.00. The second-order valence-electron chi connectivity index (χ2n) is 11.9. The van der Waals surface area contributed by atoms with Crippen molar-refractivity contribution in [3.05, 3.63) is 146 Å². The summed E-state index contributed by atoms with van der Waals surface area (Å²) in [6.45, 7) is 0. The number of hydrogen-bond acceptors (Lipinski definition) is 5. The number of para-hydroxylation sites is 1. The summed E-state index contributed by atoms with van der Waals surface area (Å²) in [5.74, 6) is 1.82. The first-order chi connectivity index (χ1) is 23.3. The van der Waals surface area contributed by atoms with E-state index in [0.29, 0.717) is 17.5 Å². The standard InChI is InChI=1S/C42H24N4O/c1-2-10-26(11-3-1)40-44-41(46-42(45-40)33-19-9-21-36-38(33)31-16-4-5-20-35(31)47-36)28-15-6-14-27(22-28)29-23-34-30-17-7-12-25-13-8-18-32(37(25)30)39(34)43-24-29/h1-24H. The van der Waals surface area contributed by atoms with E-state index in [0.717, 1.165) is 61.0 Å². The number of pyridine rings is 1. The zero-order chi connectivity index (χ0) is 30.9. The van der Waals surface area contributed by atoms with E-state index >= 15 is 0 Å². The molecule has 5 nitrogen and oxygen atoms in total. The number of fused-ring (bicyclic) bond motifs is 6. The number of rotatable bonds is 4. The van der Waals surface area contributed by atoms with Crippen LogP contribution in [-0.4, -0.2) is 19.9 Å². The molecule has 218 valence electrons. The predicted molar refractivity (Wildman–Crippen MR) is 189 cm³/mol. The van der Waals surface area contributed by atoms with Gasteiger partial charge in [0.05, 0.1) is 5.69 Å². The zero-order valence-electron chi connectivity index (χ0n) is 25.1. The van der Waals surface area contributed by atoms with E-state index in [2.05, 4.69) is 78.9 Å². The Balaban J connectivity index is 1.14. The van der Waals surface area contributed by atoms with Crippen LogP contribution in [0, 0.1) is 0 Å². The minimum Gasteiger partial charge on any atom is -0.456 e. The summed E-state index contributed by atoms with van der Waals surface area (Å²) in [4.78, 5) is 20.1. The van der Waals surface area contributed by atoms with E-state index in [-0.39, 0.29) is 0 Å². The van der Waals surface area contributed by atoms with Crippen LogP contribution in [0.4, 0.5) is 0 Å². The summed E-state index contributed by atoms with van der Waals surface area (Å²) in [7, 11) is 0. The van der Waals surface area contributed by atoms with Gasteiger partial charge in [0, 0.05) is 50.4 Å². The summed E-state index contributed by atoms with van der Waals surface area (Å²) in [5.41, 5.74) is 11.1. The van der Waals surface area contributed by atoms with Gasteiger partial charge in [0.25, 0.3) is 0 Å². The molecular weight excluding hydrogens is 576 g/mol. The van der Waals surface area contributed by atoms with Crippen molar-refractivity contribution in [2.75, 3.05) is 0 Å². The average Bonchev–Trinajstić information content (AvgIpc) is 3.69. The maximum atomic E-state index is 6.20. The molecule has 0 radical (unpaired) electrons. The van der Waals surface area contributed by atoms with Crippen LogP contribution in [0.2, 0.25) is 0 Å². The van der Waals surface area contributed by atoms with Crippen LogP contribution in [0.5, 0.6) is 0 Å². The van der Waals surface area contributed by atoms with Gasteiger partial charge in [-0.1, -0.05) is 115 Å². The van der Waals surface area contributed by atoms with Gasteiger partial charge in [0.2, 0.25) is 0 Å². The number of furan rings is 1. The van der Waals surface area contributed by atoms with E-state index in [1.165, 1.54) is 21.9 Å². The molecule has 0 amide bonds. The number of nitrogens with zero attached hydrogens (tertiary/aromatic N) is 4. The molecule has 0 saturated heterocycles. The minimum absolute atomic E-state index is 0.599. The quantitative estimate of drug-likeness (QED) is 0.201. The van der Waals surface area contributed by atoms with Crippen molar-refractivity contribution >= 4 is 32.7 Å². The van der Waals surface area contributed by atoms with Crippen LogP contribution in [0.15, 0.2) is 150 Å². The molecule has 6 aromatic carbocycles. The fourth-order valence-electron chi connectivity index (χ4n) is 6.95. The molecule has 0 saturated carbocycles. The Morgan fingerprint density at radius 3 is 1.96 bits per heavy atom. The zero-order valence-corrected chi connectivity index (χ0v) is 25.1. The van der Waals surface area contributed by atoms with E-state index in [1.54, 1.807) is 0 Å². The van der Waals surface area contributed by atoms with Crippen LogP contribution >= 0.6 is 0 Å². The lowest BCUT2D eigenvalue weighted by atomic mass is 10.00. The normalized spacial score (nSPS) is 11.8. The highest BCUT2D eigenvalue weighted by Crippen LogP contribution is 2.47. The van der Waals surface area contributed by atoms with Crippen LogP contribution in [0.25, 0.3) is 100 Å². The maximum Gasteiger partial charge on any atom is 0.164 e. The minimum atomic E-state index is 0.599. The van der Waals surface area contributed by atoms with Gasteiger partial charge in [-0.25, -0.2) is 15.0 Å². The van der Waals surface area contributed by atoms with Gasteiger partial charge < -0.3 is 4.42 Å². The third-order valence-corrected chi connectivity index (χ3v) is 9.10. The van der Waals surface area contributed by atoms with Crippen molar-refractivity contribution < 1.29 is 4.42 Å². The molecule has 47 heavy (non-hydrogen) atoms. The topological polar surface area (TPSA) is 64.7 Å². The molecule has 3 heterocycles. The highest BCUT2D eigenvalue weighted by molar-refractivity contribution is 6.15. The van der Waals surface area contributed by atoms with E-state index in [9.17, 15) is 0 Å². The molecular formula is C42H24N4O. The van der Waals surface area contributed by atoms with E-state index < -0.39 is 0 Å². The predicted octanol–water partition coefficient (Wildman–Crippen LogP) is 10.6. The molecule has 0 fully saturated rings. The SMILES string of the molecule is c1ccc(-c2nc(-c3cccc(-c4cnc5c(c4)-c4cccc6cccc-5c46)c3)nc(-c3cccc4oc5ccccc5c34)n2)cc1. The average molecular weight is 601 g/mol. The van der Waals surface area contributed by atoms with Gasteiger partial charge in [-0.05, 0) is 46.2 Å². The van der Waals surface area contributed by atoms with E-state index in [1.807, 2.05) is 66.9 Å². The molecule has 0 bridgehead atoms. The summed E-state index contributed by atoms with van der Waals surface area (Å²) >= 11 is 0. The molecule has 0 spiro atoms. The second-order valence-corrected chi connectivity index (χ2v) is 11.9. The third-order valence-electron chi connectivity index (χ3n) is 9.10. The Labute approximate surface area is 269 Å². The lowest BCUT2D eigenvalue weighted by molar-refractivity contribution is 0.669. The van der Waals surface area contributed by atoms with Crippen LogP contribution in [0.3, 0.4) is 0 Å². The molecule has 1 aliphatic rings. The van der Waals surface area contributed by atoms with Gasteiger partial charge in [-0.3, -0.25) is 4.98 Å². The molecule has 0 unspecified atom stereocenters. The fraction of sp³-hybridized carbons (Fsp3) is 0. The first kappa shape index (κ1) is 25.8. The van der Waals surface area contributed by atoms with Crippen molar-refractivity contribution in [1.82, 2.24) is 19.9 Å². The summed E-state index contributed by atoms with van der Waals surface area (Å²) in [6.07, 6.45) is 1.97. The summed E-state index contributed by atoms with van der Waals surface area (Å²) < 4.78 is 6.20. The summed E-state index contributed by atoms with van der Waals surface area (Å²) in [5, 5.41) is 4.54. The first-order valence-corrected chi connectivity index (χ1v) is 15.6. The van der Waals surface area contributed by atoms with Crippen molar-refractivity contribution in [2.45, 2.75) is 0 Å². The number of benzene rings is 6. The van der Waals surface area contributed by atoms with Crippen LogP contribution < -0.4 is 0 Å². The smallest absolute Gasteiger partial charge is 0.164 e. The first-order valence-electron chi connectivity index (χ1n) is 15.6. The molecule has 3 aromatic heterocycles. The van der Waals surface area contributed by atoms with Gasteiger partial charge in [-0.2, -0.15) is 0 Å². The van der Waals surface area contributed by atoms with Gasteiger partial charge in [0.15, 0.2) is 17.5 Å². The largest absolute Gasteiger partial charge is 0.456 e. The molecule has 0 atom stereocenters. The molecule has 0 N–H and O–H groups in total. The Morgan fingerprint density at radius 1 is 0.404 bits per heavy atom. The highest BCUT2D eigenvalue weighted by Gasteiger charge is 2.23. The van der Waals surface area contributed by atoms with Crippen LogP contribution in [-0.2, 0) is 0 Å². The van der Waals surface area contributed by atoms with Gasteiger partial charge in [0.1, 0.15) is 11.2 Å². The molecule has 9 aromatic rings. The summed E-state index contributed by atoms with van der Waals surface area (Å²) in [6, 6.07) is 47.8. The van der Waals surface area contributed by atoms with Crippen molar-refractivity contribution in [3.8, 4) is 67.7 Å². The monoisotopic (exact) mass is 600 g/mol. The highest BCUT2D eigenvalue weighted by atomic mass is 16.3. The van der Waals surface area contributed by atoms with Gasteiger partial charge in [-0.15, -0.1) is 0 Å². The Bertz CT molecular complexity index is 2690. The fourth-order valence-corrected chi connectivity index (χ4v) is 6.95. The molecule has 0 aliphatic heterocycles. The molecule has 1 aliphatic carbocycles. The van der Waals surface area contributed by atoms with E-state index in [4.69, 9.17) is 24.4 Å². The number of hydrogen-bond donors (Lipinski definition) is 0. The molecule has 10 rings (SSSR count). The number of aromatic nitrogens is 4. The third kappa shape index (κ3) is 4.03. The molecule has 5 heteroatoms. The Kier molecular flexibility index (Phi) is 5.51. The second kappa shape index (κ2) is 10.0. The Morgan fingerprint density at radius 2 is 1.06 bits per heavy atom. The van der Waals surface area contributed by atoms with Crippen molar-refractivity contribution in [3.63, 3.8) is 0 Å². The lowest BCUT2D eigenvalue weighted by Gasteiger charge is -2.11. The Hall–Kier alpha value is -6.46. The van der Waals surface area contributed by atoms with Crippen molar-refractivity contribution in [2.24, 2.45) is 0 Å².